The van der Waals surface area contributed by atoms with Crippen LogP contribution in [0.5, 0.6) is 5.75 Å². The molecule has 2 aromatic carbocycles. The lowest BCUT2D eigenvalue weighted by Gasteiger charge is -2.29. The van der Waals surface area contributed by atoms with E-state index in [1.54, 1.807) is 37.4 Å². The Morgan fingerprint density at radius 1 is 1.36 bits per heavy atom. The van der Waals surface area contributed by atoms with Crippen molar-refractivity contribution in [2.24, 2.45) is 0 Å². The molecule has 4 nitrogen and oxygen atoms in total. The second-order valence-corrected chi connectivity index (χ2v) is 7.72. The fourth-order valence-electron chi connectivity index (χ4n) is 3.09. The highest BCUT2D eigenvalue weighted by molar-refractivity contribution is 7.80. The summed E-state index contributed by atoms with van der Waals surface area (Å²) in [6.07, 6.45) is 1.98. The van der Waals surface area contributed by atoms with Crippen LogP contribution in [0.1, 0.15) is 18.4 Å². The van der Waals surface area contributed by atoms with Crippen LogP contribution in [-0.2, 0) is 11.3 Å². The molecule has 28 heavy (non-hydrogen) atoms. The normalized spacial score (nSPS) is 16.1. The maximum Gasteiger partial charge on any atom is 0.173 e. The Bertz CT molecular complexity index is 827. The Morgan fingerprint density at radius 2 is 2.18 bits per heavy atom. The molecule has 0 radical (unpaired) electrons. The van der Waals surface area contributed by atoms with Gasteiger partial charge in [-0.25, -0.2) is 4.39 Å². The Kier molecular flexibility index (Phi) is 7.35. The summed E-state index contributed by atoms with van der Waals surface area (Å²) >= 11 is 17.9. The first kappa shape index (κ1) is 21.1. The summed E-state index contributed by atoms with van der Waals surface area (Å²) in [7, 11) is 1.56. The summed E-state index contributed by atoms with van der Waals surface area (Å²) in [4.78, 5) is 1.86. The van der Waals surface area contributed by atoms with Gasteiger partial charge in [0.25, 0.3) is 0 Å². The van der Waals surface area contributed by atoms with Crippen molar-refractivity contribution in [1.82, 2.24) is 4.90 Å². The SMILES string of the molecule is COc1cc(Cl)ccc1NC(=S)N(Cc1c(F)cccc1Cl)C[C@H]1CCCO1. The predicted octanol–water partition coefficient (Wildman–Crippen LogP) is 5.52. The van der Waals surface area contributed by atoms with Crippen LogP contribution in [0.2, 0.25) is 10.0 Å². The van der Waals surface area contributed by atoms with E-state index in [-0.39, 0.29) is 18.5 Å². The number of rotatable bonds is 6. The topological polar surface area (TPSA) is 33.7 Å². The zero-order chi connectivity index (χ0) is 20.1. The molecule has 1 saturated heterocycles. The quantitative estimate of drug-likeness (QED) is 0.595. The molecule has 1 fully saturated rings. The van der Waals surface area contributed by atoms with Crippen molar-refractivity contribution in [2.45, 2.75) is 25.5 Å². The van der Waals surface area contributed by atoms with Gasteiger partial charge in [0.1, 0.15) is 11.6 Å². The average molecular weight is 443 g/mol. The minimum atomic E-state index is -0.364. The molecule has 1 atom stereocenters. The van der Waals surface area contributed by atoms with Crippen molar-refractivity contribution in [3.63, 3.8) is 0 Å². The molecule has 0 spiro atoms. The molecule has 0 saturated carbocycles. The fourth-order valence-corrected chi connectivity index (χ4v) is 3.72. The third-order valence-electron chi connectivity index (χ3n) is 4.55. The van der Waals surface area contributed by atoms with Gasteiger partial charge >= 0.3 is 0 Å². The number of methoxy groups -OCH3 is 1. The van der Waals surface area contributed by atoms with Crippen LogP contribution in [0.4, 0.5) is 10.1 Å². The highest BCUT2D eigenvalue weighted by Gasteiger charge is 2.23. The van der Waals surface area contributed by atoms with E-state index in [2.05, 4.69) is 5.32 Å². The summed E-state index contributed by atoms with van der Waals surface area (Å²) in [5.74, 6) is 0.201. The fraction of sp³-hybridized carbons (Fsp3) is 0.350. The highest BCUT2D eigenvalue weighted by Crippen LogP contribution is 2.29. The van der Waals surface area contributed by atoms with Crippen LogP contribution in [0.15, 0.2) is 36.4 Å². The van der Waals surface area contributed by atoms with E-state index >= 15 is 0 Å². The van der Waals surface area contributed by atoms with Crippen LogP contribution in [0, 0.1) is 5.82 Å². The second kappa shape index (κ2) is 9.74. The Morgan fingerprint density at radius 3 is 2.86 bits per heavy atom. The number of benzene rings is 2. The van der Waals surface area contributed by atoms with Crippen molar-refractivity contribution in [3.05, 3.63) is 57.8 Å². The monoisotopic (exact) mass is 442 g/mol. The van der Waals surface area contributed by atoms with Crippen molar-refractivity contribution in [1.29, 1.82) is 0 Å². The van der Waals surface area contributed by atoms with Crippen molar-refractivity contribution < 1.29 is 13.9 Å². The van der Waals surface area contributed by atoms with Gasteiger partial charge in [0, 0.05) is 41.4 Å². The summed E-state index contributed by atoms with van der Waals surface area (Å²) in [6.45, 7) is 1.49. The molecule has 1 aliphatic heterocycles. The number of anilines is 1. The van der Waals surface area contributed by atoms with Crippen LogP contribution in [0.25, 0.3) is 0 Å². The molecule has 1 N–H and O–H groups in total. The van der Waals surface area contributed by atoms with E-state index in [0.717, 1.165) is 19.4 Å². The lowest BCUT2D eigenvalue weighted by molar-refractivity contribution is 0.0903. The number of halogens is 3. The van der Waals surface area contributed by atoms with E-state index in [1.165, 1.54) is 6.07 Å². The molecule has 0 bridgehead atoms. The Balaban J connectivity index is 1.82. The minimum Gasteiger partial charge on any atom is -0.495 e. The van der Waals surface area contributed by atoms with Gasteiger partial charge in [-0.1, -0.05) is 29.3 Å². The first-order valence-corrected chi connectivity index (χ1v) is 10.1. The largest absolute Gasteiger partial charge is 0.495 e. The molecular weight excluding hydrogens is 422 g/mol. The standard InChI is InChI=1S/C20H21Cl2FN2O2S/c1-26-19-10-13(21)7-8-18(19)24-20(28)25(11-14-4-3-9-27-14)12-15-16(22)5-2-6-17(15)23/h2,5-8,10,14H,3-4,9,11-12H2,1H3,(H,24,28)/t14-/m1/s1. The zero-order valence-corrected chi connectivity index (χ0v) is 17.7. The molecule has 0 amide bonds. The van der Waals surface area contributed by atoms with Crippen LogP contribution < -0.4 is 10.1 Å². The third kappa shape index (κ3) is 5.26. The molecular formula is C20H21Cl2FN2O2S. The van der Waals surface area contributed by atoms with Crippen molar-refractivity contribution in [3.8, 4) is 5.75 Å². The predicted molar refractivity (Wildman–Crippen MR) is 115 cm³/mol. The summed E-state index contributed by atoms with van der Waals surface area (Å²) in [5, 5.41) is 4.52. The van der Waals surface area contributed by atoms with Gasteiger partial charge in [0.15, 0.2) is 5.11 Å². The van der Waals surface area contributed by atoms with Crippen LogP contribution in [-0.4, -0.2) is 36.4 Å². The Hall–Kier alpha value is -1.60. The van der Waals surface area contributed by atoms with Gasteiger partial charge in [-0.3, -0.25) is 0 Å². The van der Waals surface area contributed by atoms with E-state index in [4.69, 9.17) is 44.9 Å². The first-order chi connectivity index (χ1) is 13.5. The van der Waals surface area contributed by atoms with Gasteiger partial charge in [0.2, 0.25) is 0 Å². The van der Waals surface area contributed by atoms with E-state index < -0.39 is 0 Å². The molecule has 2 aromatic rings. The molecule has 0 aliphatic carbocycles. The maximum atomic E-state index is 14.3. The second-order valence-electron chi connectivity index (χ2n) is 6.49. The van der Waals surface area contributed by atoms with E-state index in [1.807, 2.05) is 4.90 Å². The van der Waals surface area contributed by atoms with E-state index in [9.17, 15) is 4.39 Å². The third-order valence-corrected chi connectivity index (χ3v) is 5.50. The summed E-state index contributed by atoms with van der Waals surface area (Å²) < 4.78 is 25.4. The lowest BCUT2D eigenvalue weighted by atomic mass is 10.1. The number of ether oxygens (including phenoxy) is 2. The number of hydrogen-bond acceptors (Lipinski definition) is 3. The van der Waals surface area contributed by atoms with Gasteiger partial charge in [-0.15, -0.1) is 0 Å². The smallest absolute Gasteiger partial charge is 0.173 e. The van der Waals surface area contributed by atoms with Crippen LogP contribution >= 0.6 is 35.4 Å². The number of nitrogens with one attached hydrogen (secondary N) is 1. The molecule has 0 aromatic heterocycles. The molecule has 8 heteroatoms. The molecule has 1 aliphatic rings. The molecule has 3 rings (SSSR count). The zero-order valence-electron chi connectivity index (χ0n) is 15.4. The van der Waals surface area contributed by atoms with Crippen molar-refractivity contribution >= 4 is 46.2 Å². The lowest BCUT2D eigenvalue weighted by Crippen LogP contribution is -2.39. The summed E-state index contributed by atoms with van der Waals surface area (Å²) in [5.41, 5.74) is 1.07. The highest BCUT2D eigenvalue weighted by atomic mass is 35.5. The molecule has 0 unspecified atom stereocenters. The van der Waals surface area contributed by atoms with Crippen LogP contribution in [0.3, 0.4) is 0 Å². The average Bonchev–Trinajstić information content (AvgIpc) is 3.18. The number of hydrogen-bond donors (Lipinski definition) is 1. The Labute approximate surface area is 179 Å². The summed E-state index contributed by atoms with van der Waals surface area (Å²) in [6, 6.07) is 9.87. The number of thiocarbonyl (C=S) groups is 1. The number of nitrogens with zero attached hydrogens (tertiary/aromatic N) is 1. The van der Waals surface area contributed by atoms with Gasteiger partial charge < -0.3 is 19.7 Å². The van der Waals surface area contributed by atoms with Gasteiger partial charge in [-0.2, -0.15) is 0 Å². The first-order valence-electron chi connectivity index (χ1n) is 8.92. The van der Waals surface area contributed by atoms with E-state index in [0.29, 0.717) is 38.7 Å². The van der Waals surface area contributed by atoms with Gasteiger partial charge in [-0.05, 0) is 49.3 Å². The molecule has 150 valence electrons. The minimum absolute atomic E-state index is 0.0393. The maximum absolute atomic E-state index is 14.3. The molecule has 1 heterocycles. The van der Waals surface area contributed by atoms with Gasteiger partial charge in [0.05, 0.1) is 18.9 Å². The van der Waals surface area contributed by atoms with Crippen molar-refractivity contribution in [2.75, 3.05) is 25.6 Å².